The molecular weight excluding hydrogens is 267 g/mol. The standard InChI is InChI=1S/C10H10F3N3O3/c11-10(12,13)8-5-7(16(17)18)6-14-9(8)15-1-3-19-4-2-15/h5-6H,1-4H2. The Morgan fingerprint density at radius 1 is 1.37 bits per heavy atom. The number of aromatic nitrogens is 1. The van der Waals surface area contributed by atoms with Crippen molar-refractivity contribution in [3.63, 3.8) is 0 Å². The van der Waals surface area contributed by atoms with Crippen LogP contribution in [-0.4, -0.2) is 36.2 Å². The first-order valence-electron chi connectivity index (χ1n) is 5.44. The van der Waals surface area contributed by atoms with Crippen LogP contribution in [0.25, 0.3) is 0 Å². The highest BCUT2D eigenvalue weighted by Gasteiger charge is 2.37. The second kappa shape index (κ2) is 5.00. The summed E-state index contributed by atoms with van der Waals surface area (Å²) in [5, 5.41) is 10.5. The van der Waals surface area contributed by atoms with Crippen LogP contribution in [-0.2, 0) is 10.9 Å². The Bertz CT molecular complexity index is 487. The van der Waals surface area contributed by atoms with E-state index in [-0.39, 0.29) is 18.9 Å². The van der Waals surface area contributed by atoms with Gasteiger partial charge in [0, 0.05) is 19.2 Å². The van der Waals surface area contributed by atoms with Gasteiger partial charge in [-0.05, 0) is 0 Å². The number of hydrogen-bond acceptors (Lipinski definition) is 5. The lowest BCUT2D eigenvalue weighted by Gasteiger charge is -2.29. The van der Waals surface area contributed by atoms with E-state index in [1.54, 1.807) is 0 Å². The predicted molar refractivity (Wildman–Crippen MR) is 58.9 cm³/mol. The molecular formula is C10H10F3N3O3. The van der Waals surface area contributed by atoms with Crippen molar-refractivity contribution in [2.24, 2.45) is 0 Å². The van der Waals surface area contributed by atoms with Gasteiger partial charge in [-0.25, -0.2) is 4.98 Å². The van der Waals surface area contributed by atoms with Gasteiger partial charge in [0.25, 0.3) is 5.69 Å². The molecule has 0 saturated carbocycles. The molecule has 2 heterocycles. The number of nitro groups is 1. The number of morpholine rings is 1. The van der Waals surface area contributed by atoms with Gasteiger partial charge in [-0.1, -0.05) is 0 Å². The highest BCUT2D eigenvalue weighted by molar-refractivity contribution is 5.53. The Labute approximate surface area is 105 Å². The van der Waals surface area contributed by atoms with Crippen LogP contribution in [0.1, 0.15) is 5.56 Å². The molecule has 1 fully saturated rings. The van der Waals surface area contributed by atoms with E-state index >= 15 is 0 Å². The molecule has 1 aliphatic heterocycles. The van der Waals surface area contributed by atoms with E-state index in [9.17, 15) is 23.3 Å². The first kappa shape index (κ1) is 13.5. The summed E-state index contributed by atoms with van der Waals surface area (Å²) >= 11 is 0. The average Bonchev–Trinajstić information content (AvgIpc) is 2.38. The molecule has 0 N–H and O–H groups in total. The second-order valence-electron chi connectivity index (χ2n) is 3.92. The van der Waals surface area contributed by atoms with Crippen molar-refractivity contribution in [1.82, 2.24) is 4.98 Å². The maximum atomic E-state index is 12.9. The minimum atomic E-state index is -4.69. The van der Waals surface area contributed by atoms with Gasteiger partial charge in [0.15, 0.2) is 0 Å². The third kappa shape index (κ3) is 2.92. The molecule has 9 heteroatoms. The Kier molecular flexibility index (Phi) is 3.56. The SMILES string of the molecule is O=[N+]([O-])c1cnc(N2CCOCC2)c(C(F)(F)F)c1. The van der Waals surface area contributed by atoms with Crippen molar-refractivity contribution in [3.05, 3.63) is 27.9 Å². The number of hydrogen-bond donors (Lipinski definition) is 0. The monoisotopic (exact) mass is 277 g/mol. The Hall–Kier alpha value is -1.90. The van der Waals surface area contributed by atoms with Crippen molar-refractivity contribution in [2.75, 3.05) is 31.2 Å². The number of pyridine rings is 1. The molecule has 0 bridgehead atoms. The van der Waals surface area contributed by atoms with E-state index in [2.05, 4.69) is 4.98 Å². The van der Waals surface area contributed by atoms with Crippen LogP contribution >= 0.6 is 0 Å². The summed E-state index contributed by atoms with van der Waals surface area (Å²) in [5.74, 6) is -0.290. The van der Waals surface area contributed by atoms with Crippen LogP contribution in [0.2, 0.25) is 0 Å². The lowest BCUT2D eigenvalue weighted by atomic mass is 10.2. The third-order valence-corrected chi connectivity index (χ3v) is 2.68. The van der Waals surface area contributed by atoms with Crippen LogP contribution in [0.15, 0.2) is 12.3 Å². The fraction of sp³-hybridized carbons (Fsp3) is 0.500. The van der Waals surface area contributed by atoms with Gasteiger partial charge in [0.05, 0.1) is 18.1 Å². The summed E-state index contributed by atoms with van der Waals surface area (Å²) in [6.07, 6.45) is -3.85. The van der Waals surface area contributed by atoms with E-state index in [1.807, 2.05) is 0 Å². The molecule has 1 saturated heterocycles. The topological polar surface area (TPSA) is 68.5 Å². The van der Waals surface area contributed by atoms with Crippen LogP contribution < -0.4 is 4.90 Å². The maximum absolute atomic E-state index is 12.9. The molecule has 0 spiro atoms. The van der Waals surface area contributed by atoms with Crippen molar-refractivity contribution in [3.8, 4) is 0 Å². The fourth-order valence-electron chi connectivity index (χ4n) is 1.78. The number of alkyl halides is 3. The van der Waals surface area contributed by atoms with Crippen molar-refractivity contribution < 1.29 is 22.8 Å². The summed E-state index contributed by atoms with van der Waals surface area (Å²) in [6.45, 7) is 1.15. The quantitative estimate of drug-likeness (QED) is 0.609. The fourth-order valence-corrected chi connectivity index (χ4v) is 1.78. The van der Waals surface area contributed by atoms with Gasteiger partial charge in [-0.15, -0.1) is 0 Å². The molecule has 0 atom stereocenters. The summed E-state index contributed by atoms with van der Waals surface area (Å²) in [7, 11) is 0. The maximum Gasteiger partial charge on any atom is 0.420 e. The zero-order valence-electron chi connectivity index (χ0n) is 9.68. The number of anilines is 1. The van der Waals surface area contributed by atoms with Crippen LogP contribution in [0, 0.1) is 10.1 Å². The predicted octanol–water partition coefficient (Wildman–Crippen LogP) is 1.85. The zero-order valence-corrected chi connectivity index (χ0v) is 9.68. The zero-order chi connectivity index (χ0) is 14.0. The summed E-state index contributed by atoms with van der Waals surface area (Å²) < 4.78 is 43.8. The van der Waals surface area contributed by atoms with Crippen LogP contribution in [0.5, 0.6) is 0 Å². The summed E-state index contributed by atoms with van der Waals surface area (Å²) in [4.78, 5) is 14.6. The van der Waals surface area contributed by atoms with E-state index in [1.165, 1.54) is 4.90 Å². The molecule has 0 aliphatic carbocycles. The molecule has 0 unspecified atom stereocenters. The van der Waals surface area contributed by atoms with Gasteiger partial charge in [0.1, 0.15) is 17.6 Å². The van der Waals surface area contributed by atoms with E-state index in [4.69, 9.17) is 4.74 Å². The minimum absolute atomic E-state index is 0.272. The second-order valence-corrected chi connectivity index (χ2v) is 3.92. The number of ether oxygens (including phenoxy) is 1. The smallest absolute Gasteiger partial charge is 0.378 e. The minimum Gasteiger partial charge on any atom is -0.378 e. The molecule has 1 aromatic rings. The highest BCUT2D eigenvalue weighted by Crippen LogP contribution is 2.37. The highest BCUT2D eigenvalue weighted by atomic mass is 19.4. The largest absolute Gasteiger partial charge is 0.420 e. The van der Waals surface area contributed by atoms with E-state index < -0.39 is 22.4 Å². The van der Waals surface area contributed by atoms with Gasteiger partial charge in [-0.3, -0.25) is 10.1 Å². The Morgan fingerprint density at radius 2 is 2.00 bits per heavy atom. The van der Waals surface area contributed by atoms with Crippen molar-refractivity contribution in [2.45, 2.75) is 6.18 Å². The third-order valence-electron chi connectivity index (χ3n) is 2.68. The number of nitrogens with zero attached hydrogens (tertiary/aromatic N) is 3. The van der Waals surface area contributed by atoms with Gasteiger partial charge < -0.3 is 9.64 Å². The van der Waals surface area contributed by atoms with Gasteiger partial charge >= 0.3 is 6.18 Å². The molecule has 0 amide bonds. The van der Waals surface area contributed by atoms with Crippen molar-refractivity contribution >= 4 is 11.5 Å². The van der Waals surface area contributed by atoms with E-state index in [0.717, 1.165) is 6.20 Å². The first-order valence-corrected chi connectivity index (χ1v) is 5.44. The average molecular weight is 277 g/mol. The molecule has 0 radical (unpaired) electrons. The Morgan fingerprint density at radius 3 is 2.53 bits per heavy atom. The Balaban J connectivity index is 2.44. The molecule has 19 heavy (non-hydrogen) atoms. The molecule has 1 aliphatic rings. The molecule has 2 rings (SSSR count). The van der Waals surface area contributed by atoms with E-state index in [0.29, 0.717) is 19.3 Å². The van der Waals surface area contributed by atoms with Gasteiger partial charge in [-0.2, -0.15) is 13.2 Å². The van der Waals surface area contributed by atoms with Crippen LogP contribution in [0.4, 0.5) is 24.7 Å². The normalized spacial score (nSPS) is 16.5. The molecule has 0 aromatic carbocycles. The molecule has 104 valence electrons. The number of halogens is 3. The molecule has 6 nitrogen and oxygen atoms in total. The van der Waals surface area contributed by atoms with Crippen LogP contribution in [0.3, 0.4) is 0 Å². The molecule has 1 aromatic heterocycles. The summed E-state index contributed by atoms with van der Waals surface area (Å²) in [5.41, 5.74) is -1.77. The van der Waals surface area contributed by atoms with Crippen molar-refractivity contribution in [1.29, 1.82) is 0 Å². The summed E-state index contributed by atoms with van der Waals surface area (Å²) in [6, 6.07) is 0.512. The number of rotatable bonds is 2. The first-order chi connectivity index (χ1) is 8.89. The lowest BCUT2D eigenvalue weighted by molar-refractivity contribution is -0.385. The van der Waals surface area contributed by atoms with Gasteiger partial charge in [0.2, 0.25) is 0 Å². The lowest BCUT2D eigenvalue weighted by Crippen LogP contribution is -2.38.